The van der Waals surface area contributed by atoms with Crippen LogP contribution in [0.4, 0.5) is 0 Å². The number of amides is 1. The Morgan fingerprint density at radius 1 is 1.17 bits per heavy atom. The van der Waals surface area contributed by atoms with Gasteiger partial charge in [0.05, 0.1) is 5.70 Å². The second-order valence-corrected chi connectivity index (χ2v) is 9.29. The van der Waals surface area contributed by atoms with Crippen LogP contribution < -0.4 is 11.1 Å². The maximum absolute atomic E-state index is 12.0. The first kappa shape index (κ1) is 14.1. The van der Waals surface area contributed by atoms with Gasteiger partial charge in [-0.15, -0.1) is 0 Å². The molecule has 0 spiro atoms. The zero-order valence-corrected chi connectivity index (χ0v) is 14.7. The van der Waals surface area contributed by atoms with Crippen molar-refractivity contribution in [1.82, 2.24) is 10.2 Å². The van der Waals surface area contributed by atoms with Gasteiger partial charge in [-0.1, -0.05) is 6.08 Å². The lowest BCUT2D eigenvalue weighted by Crippen LogP contribution is -2.64. The molecule has 122 valence electrons. The predicted octanol–water partition coefficient (Wildman–Crippen LogP) is 2.94. The van der Waals surface area contributed by atoms with Gasteiger partial charge in [0.1, 0.15) is 5.70 Å². The molecule has 2 aliphatic heterocycles. The Kier molecular flexibility index (Phi) is 2.73. The Hall–Kier alpha value is -1.23. The molecule has 0 aromatic heterocycles. The molecule has 6 rings (SSSR count). The molecule has 4 fully saturated rings. The topological polar surface area (TPSA) is 58.4 Å². The smallest absolute Gasteiger partial charge is 0.267 e. The van der Waals surface area contributed by atoms with Crippen molar-refractivity contribution in [2.75, 3.05) is 0 Å². The van der Waals surface area contributed by atoms with Gasteiger partial charge in [0.15, 0.2) is 4.57 Å². The van der Waals surface area contributed by atoms with Crippen molar-refractivity contribution in [2.24, 2.45) is 28.9 Å². The minimum absolute atomic E-state index is 0.166. The van der Waals surface area contributed by atoms with Crippen LogP contribution in [-0.2, 0) is 4.79 Å². The van der Waals surface area contributed by atoms with Crippen LogP contribution >= 0.6 is 15.9 Å². The third-order valence-electron chi connectivity index (χ3n) is 6.73. The summed E-state index contributed by atoms with van der Waals surface area (Å²) in [7, 11) is 0. The van der Waals surface area contributed by atoms with Crippen LogP contribution in [0.25, 0.3) is 0 Å². The van der Waals surface area contributed by atoms with E-state index in [0.717, 1.165) is 23.5 Å². The minimum atomic E-state index is -0.420. The fourth-order valence-electron chi connectivity index (χ4n) is 6.30. The van der Waals surface area contributed by atoms with Gasteiger partial charge in [0, 0.05) is 11.6 Å². The average molecular weight is 376 g/mol. The molecule has 6 aliphatic rings. The Morgan fingerprint density at radius 3 is 2.35 bits per heavy atom. The molecule has 1 amide bonds. The van der Waals surface area contributed by atoms with Crippen molar-refractivity contribution >= 4 is 21.8 Å². The number of nitrogens with two attached hydrogens (primary N) is 1. The highest BCUT2D eigenvalue weighted by Gasteiger charge is 2.64. The summed E-state index contributed by atoms with van der Waals surface area (Å²) in [6.45, 7) is 0. The van der Waals surface area contributed by atoms with E-state index >= 15 is 0 Å². The van der Waals surface area contributed by atoms with E-state index < -0.39 is 4.57 Å². The standard InChI is InChI=1S/C18H22BrN3O/c19-18(17-8-11-5-12(9-17)7-13(6-11)10-17)21-15(16(20)23)14-3-1-2-4-22(14)18/h1-4,11-13,21H,5-10H2,(H2,20,23). The van der Waals surface area contributed by atoms with Crippen molar-refractivity contribution in [3.05, 3.63) is 35.8 Å². The molecule has 5 heteroatoms. The molecular formula is C18H22BrN3O. The van der Waals surface area contributed by atoms with Gasteiger partial charge in [-0.3, -0.25) is 4.79 Å². The number of halogens is 1. The Labute approximate surface area is 145 Å². The summed E-state index contributed by atoms with van der Waals surface area (Å²) in [5, 5.41) is 3.51. The highest BCUT2D eigenvalue weighted by Crippen LogP contribution is 2.67. The Morgan fingerprint density at radius 2 is 1.78 bits per heavy atom. The number of carbonyl (C=O) groups is 1. The monoisotopic (exact) mass is 375 g/mol. The van der Waals surface area contributed by atoms with Gasteiger partial charge in [-0.25, -0.2) is 0 Å². The largest absolute Gasteiger partial charge is 0.364 e. The van der Waals surface area contributed by atoms with Crippen LogP contribution in [0.5, 0.6) is 0 Å². The van der Waals surface area contributed by atoms with Crippen molar-refractivity contribution in [2.45, 2.75) is 43.1 Å². The van der Waals surface area contributed by atoms with Gasteiger partial charge >= 0.3 is 0 Å². The first-order valence-corrected chi connectivity index (χ1v) is 9.45. The lowest BCUT2D eigenvalue weighted by atomic mass is 9.48. The molecular weight excluding hydrogens is 354 g/mol. The predicted molar refractivity (Wildman–Crippen MR) is 91.7 cm³/mol. The second-order valence-electron chi connectivity index (χ2n) is 8.14. The van der Waals surface area contributed by atoms with Crippen LogP contribution in [0.15, 0.2) is 35.8 Å². The first-order valence-electron chi connectivity index (χ1n) is 8.66. The summed E-state index contributed by atoms with van der Waals surface area (Å²) in [6, 6.07) is 0. The van der Waals surface area contributed by atoms with Crippen molar-refractivity contribution < 1.29 is 4.79 Å². The lowest BCUT2D eigenvalue weighted by Gasteiger charge is -2.62. The maximum atomic E-state index is 12.0. The molecule has 4 saturated carbocycles. The third kappa shape index (κ3) is 1.74. The second kappa shape index (κ2) is 4.44. The third-order valence-corrected chi connectivity index (χ3v) is 8.15. The Bertz CT molecular complexity index is 644. The van der Waals surface area contributed by atoms with Crippen LogP contribution in [0.3, 0.4) is 0 Å². The van der Waals surface area contributed by atoms with Crippen LogP contribution in [0.1, 0.15) is 38.5 Å². The zero-order chi connectivity index (χ0) is 15.8. The van der Waals surface area contributed by atoms with E-state index in [9.17, 15) is 4.79 Å². The molecule has 4 aliphatic carbocycles. The quantitative estimate of drug-likeness (QED) is 0.576. The van der Waals surface area contributed by atoms with E-state index in [2.05, 4.69) is 32.3 Å². The molecule has 23 heavy (non-hydrogen) atoms. The van der Waals surface area contributed by atoms with Crippen molar-refractivity contribution in [3.63, 3.8) is 0 Å². The molecule has 4 bridgehead atoms. The number of allylic oxidation sites excluding steroid dienone is 3. The SMILES string of the molecule is NC(=O)C1=C2C=CC=CN2C(Br)(C23CC4CC(CC(C4)C2)C3)N1. The summed E-state index contributed by atoms with van der Waals surface area (Å²) >= 11 is 4.06. The fraction of sp³-hybridized carbons (Fsp3) is 0.611. The van der Waals surface area contributed by atoms with E-state index in [4.69, 9.17) is 5.73 Å². The number of fused-ring (bicyclic) bond motifs is 1. The van der Waals surface area contributed by atoms with Crippen molar-refractivity contribution in [1.29, 1.82) is 0 Å². The van der Waals surface area contributed by atoms with Gasteiger partial charge < -0.3 is 16.0 Å². The molecule has 3 N–H and O–H groups in total. The molecule has 4 nitrogen and oxygen atoms in total. The summed E-state index contributed by atoms with van der Waals surface area (Å²) in [4.78, 5) is 14.2. The van der Waals surface area contributed by atoms with E-state index in [0.29, 0.717) is 5.70 Å². The summed E-state index contributed by atoms with van der Waals surface area (Å²) in [5.41, 5.74) is 7.25. The maximum Gasteiger partial charge on any atom is 0.267 e. The lowest BCUT2D eigenvalue weighted by molar-refractivity contribution is -0.116. The zero-order valence-electron chi connectivity index (χ0n) is 13.1. The molecule has 0 saturated heterocycles. The van der Waals surface area contributed by atoms with E-state index in [1.807, 2.05) is 18.2 Å². The van der Waals surface area contributed by atoms with Gasteiger partial charge in [0.25, 0.3) is 5.91 Å². The summed E-state index contributed by atoms with van der Waals surface area (Å²) in [5.74, 6) is 2.17. The average Bonchev–Trinajstić information content (AvgIpc) is 2.82. The van der Waals surface area contributed by atoms with E-state index in [1.165, 1.54) is 38.5 Å². The highest BCUT2D eigenvalue weighted by atomic mass is 79.9. The number of rotatable bonds is 2. The van der Waals surface area contributed by atoms with Gasteiger partial charge in [0.2, 0.25) is 0 Å². The van der Waals surface area contributed by atoms with Crippen LogP contribution in [0, 0.1) is 23.2 Å². The minimum Gasteiger partial charge on any atom is -0.364 e. The number of hydrogen-bond acceptors (Lipinski definition) is 3. The first-order chi connectivity index (χ1) is 11.0. The van der Waals surface area contributed by atoms with E-state index in [1.54, 1.807) is 0 Å². The molecule has 0 radical (unpaired) electrons. The van der Waals surface area contributed by atoms with Crippen LogP contribution in [-0.4, -0.2) is 15.4 Å². The van der Waals surface area contributed by atoms with Crippen LogP contribution in [0.2, 0.25) is 0 Å². The fourth-order valence-corrected chi connectivity index (χ4v) is 7.29. The van der Waals surface area contributed by atoms with Gasteiger partial charge in [-0.2, -0.15) is 0 Å². The number of primary amides is 1. The molecule has 1 atom stereocenters. The molecule has 0 aromatic carbocycles. The number of hydrogen-bond donors (Lipinski definition) is 2. The number of alkyl halides is 1. The van der Waals surface area contributed by atoms with E-state index in [-0.39, 0.29) is 11.3 Å². The number of carbonyl (C=O) groups excluding carboxylic acids is 1. The highest BCUT2D eigenvalue weighted by molar-refractivity contribution is 9.10. The van der Waals surface area contributed by atoms with Gasteiger partial charge in [-0.05, 0) is 84.4 Å². The normalized spacial score (nSPS) is 46.3. The molecule has 1 unspecified atom stereocenters. The number of nitrogens with zero attached hydrogens (tertiary/aromatic N) is 1. The Balaban J connectivity index is 1.59. The van der Waals surface area contributed by atoms with Crippen molar-refractivity contribution in [3.8, 4) is 0 Å². The molecule has 0 aromatic rings. The summed E-state index contributed by atoms with van der Waals surface area (Å²) < 4.78 is -0.420. The molecule has 2 heterocycles. The summed E-state index contributed by atoms with van der Waals surface area (Å²) in [6.07, 6.45) is 16.0. The number of nitrogens with one attached hydrogen (secondary N) is 1.